The van der Waals surface area contributed by atoms with Gasteiger partial charge >= 0.3 is 0 Å². The highest BCUT2D eigenvalue weighted by Crippen LogP contribution is 2.23. The predicted octanol–water partition coefficient (Wildman–Crippen LogP) is 8.63. The van der Waals surface area contributed by atoms with Crippen LogP contribution in [0.1, 0.15) is 66.5 Å². The fraction of sp³-hybridized carbons (Fsp3) is 0.200. The molecule has 0 unspecified atom stereocenters. The largest absolute Gasteiger partial charge is 0.205 e. The van der Waals surface area contributed by atoms with Crippen LogP contribution >= 0.6 is 0 Å². The fourth-order valence-electron chi connectivity index (χ4n) is 4.07. The normalized spacial score (nSPS) is 10.6. The van der Waals surface area contributed by atoms with E-state index in [0.29, 0.717) is 10.9 Å². The molecule has 0 heterocycles. The molecule has 0 spiro atoms. The van der Waals surface area contributed by atoms with Gasteiger partial charge in [-0.3, -0.25) is 0 Å². The van der Waals surface area contributed by atoms with Gasteiger partial charge in [0, 0.05) is 22.1 Å². The van der Waals surface area contributed by atoms with E-state index in [1.54, 1.807) is 6.07 Å². The molecule has 0 atom stereocenters. The number of allylic oxidation sites excluding steroid dienone is 2. The van der Waals surface area contributed by atoms with Crippen molar-refractivity contribution in [1.29, 1.82) is 0 Å². The lowest BCUT2D eigenvalue weighted by atomic mass is 10.0. The third-order valence-corrected chi connectivity index (χ3v) is 6.20. The van der Waals surface area contributed by atoms with E-state index in [2.05, 4.69) is 73.1 Å². The Balaban J connectivity index is 1.43. The molecule has 0 saturated carbocycles. The van der Waals surface area contributed by atoms with Crippen LogP contribution in [0.5, 0.6) is 0 Å². The molecule has 0 radical (unpaired) electrons. The molecule has 4 aromatic rings. The van der Waals surface area contributed by atoms with Crippen molar-refractivity contribution in [2.75, 3.05) is 0 Å². The summed E-state index contributed by atoms with van der Waals surface area (Å²) < 4.78 is 15.1. The second-order valence-corrected chi connectivity index (χ2v) is 8.97. The van der Waals surface area contributed by atoms with Crippen molar-refractivity contribution in [2.45, 2.75) is 46.0 Å². The maximum Gasteiger partial charge on any atom is 0.146 e. The summed E-state index contributed by atoms with van der Waals surface area (Å²) in [5.74, 6) is 12.3. The van der Waals surface area contributed by atoms with Crippen LogP contribution in [0.3, 0.4) is 0 Å². The summed E-state index contributed by atoms with van der Waals surface area (Å²) >= 11 is 0. The lowest BCUT2D eigenvalue weighted by Crippen LogP contribution is -1.90. The Bertz CT molecular complexity index is 1460. The van der Waals surface area contributed by atoms with Crippen LogP contribution in [0.25, 0.3) is 10.8 Å². The fourth-order valence-corrected chi connectivity index (χ4v) is 4.07. The lowest BCUT2D eigenvalue weighted by Gasteiger charge is -2.05. The summed E-state index contributed by atoms with van der Waals surface area (Å²) in [5, 5.41) is 1.55. The van der Waals surface area contributed by atoms with Crippen LogP contribution in [0, 0.1) is 29.5 Å². The van der Waals surface area contributed by atoms with Gasteiger partial charge < -0.3 is 0 Å². The van der Waals surface area contributed by atoms with Gasteiger partial charge in [0.15, 0.2) is 0 Å². The van der Waals surface area contributed by atoms with Gasteiger partial charge in [-0.05, 0) is 91.6 Å². The van der Waals surface area contributed by atoms with Gasteiger partial charge in [0.25, 0.3) is 0 Å². The van der Waals surface area contributed by atoms with E-state index in [1.165, 1.54) is 11.1 Å². The topological polar surface area (TPSA) is 0 Å². The van der Waals surface area contributed by atoms with Crippen molar-refractivity contribution in [2.24, 2.45) is 0 Å². The van der Waals surface area contributed by atoms with E-state index in [9.17, 15) is 0 Å². The first kappa shape index (κ1) is 25.0. The van der Waals surface area contributed by atoms with Crippen LogP contribution in [0.15, 0.2) is 91.0 Å². The second kappa shape index (κ2) is 12.6. The first-order valence-electron chi connectivity index (χ1n) is 12.7. The number of hydrogen-bond donors (Lipinski definition) is 0. The molecule has 0 aliphatic carbocycles. The van der Waals surface area contributed by atoms with Crippen molar-refractivity contribution in [1.82, 2.24) is 0 Å². The SMILES string of the molecule is C/C=C/CCc1ccc(C#Cc2ccc(C#Cc3ccc4cc(CCCC)ccc4c3F)cc2)cc1. The van der Waals surface area contributed by atoms with Crippen LogP contribution in [-0.2, 0) is 12.8 Å². The van der Waals surface area contributed by atoms with Gasteiger partial charge in [0.05, 0.1) is 5.56 Å². The number of unbranched alkanes of at least 4 members (excludes halogenated alkanes) is 1. The quantitative estimate of drug-likeness (QED) is 0.195. The van der Waals surface area contributed by atoms with Gasteiger partial charge in [-0.15, -0.1) is 0 Å². The van der Waals surface area contributed by atoms with Crippen molar-refractivity contribution in [3.63, 3.8) is 0 Å². The van der Waals surface area contributed by atoms with Crippen LogP contribution < -0.4 is 0 Å². The Labute approximate surface area is 214 Å². The molecular formula is C35H31F. The van der Waals surface area contributed by atoms with E-state index in [1.807, 2.05) is 49.4 Å². The zero-order valence-electron chi connectivity index (χ0n) is 21.1. The first-order chi connectivity index (χ1) is 17.7. The van der Waals surface area contributed by atoms with Gasteiger partial charge in [0.2, 0.25) is 0 Å². The molecule has 1 heteroatoms. The molecule has 0 amide bonds. The third-order valence-electron chi connectivity index (χ3n) is 6.20. The number of halogens is 1. The number of aryl methyl sites for hydroxylation is 2. The number of fused-ring (bicyclic) bond motifs is 1. The predicted molar refractivity (Wildman–Crippen MR) is 150 cm³/mol. The Morgan fingerprint density at radius 1 is 0.694 bits per heavy atom. The molecule has 0 N–H and O–H groups in total. The highest BCUT2D eigenvalue weighted by molar-refractivity contribution is 5.85. The maximum absolute atomic E-state index is 15.1. The van der Waals surface area contributed by atoms with E-state index in [-0.39, 0.29) is 5.82 Å². The van der Waals surface area contributed by atoms with Crippen molar-refractivity contribution >= 4 is 10.8 Å². The van der Waals surface area contributed by atoms with E-state index >= 15 is 4.39 Å². The van der Waals surface area contributed by atoms with Crippen molar-refractivity contribution < 1.29 is 4.39 Å². The molecule has 0 bridgehead atoms. The monoisotopic (exact) mass is 470 g/mol. The molecule has 4 aromatic carbocycles. The van der Waals surface area contributed by atoms with E-state index < -0.39 is 0 Å². The molecule has 36 heavy (non-hydrogen) atoms. The smallest absolute Gasteiger partial charge is 0.146 e. The van der Waals surface area contributed by atoms with Crippen molar-refractivity contribution in [3.05, 3.63) is 130 Å². The van der Waals surface area contributed by atoms with Gasteiger partial charge in [-0.2, -0.15) is 0 Å². The van der Waals surface area contributed by atoms with Crippen LogP contribution in [-0.4, -0.2) is 0 Å². The Hall–Kier alpha value is -4.07. The minimum absolute atomic E-state index is 0.252. The summed E-state index contributed by atoms with van der Waals surface area (Å²) in [6.07, 6.45) is 9.70. The molecule has 0 aliphatic rings. The second-order valence-electron chi connectivity index (χ2n) is 8.97. The zero-order valence-corrected chi connectivity index (χ0v) is 21.1. The lowest BCUT2D eigenvalue weighted by molar-refractivity contribution is 0.636. The molecule has 0 aromatic heterocycles. The highest BCUT2D eigenvalue weighted by Gasteiger charge is 2.06. The number of hydrogen-bond acceptors (Lipinski definition) is 0. The standard InChI is InChI=1S/C35H31F/c1-3-5-7-9-27-10-12-28(13-11-27)14-15-29-16-18-30(19-17-29)20-22-32-23-24-33-26-31(8-6-4-2)21-25-34(33)35(32)36/h3,5,10-13,16-19,21,23-26H,4,6-9H2,1-2H3/b5-3+. The minimum Gasteiger partial charge on any atom is -0.205 e. The average molecular weight is 471 g/mol. The Morgan fingerprint density at radius 2 is 1.31 bits per heavy atom. The Morgan fingerprint density at radius 3 is 1.94 bits per heavy atom. The molecule has 4 rings (SSSR count). The minimum atomic E-state index is -0.252. The van der Waals surface area contributed by atoms with Gasteiger partial charge in [-0.1, -0.05) is 85.6 Å². The van der Waals surface area contributed by atoms with Crippen LogP contribution in [0.2, 0.25) is 0 Å². The summed E-state index contributed by atoms with van der Waals surface area (Å²) in [6.45, 7) is 4.23. The van der Waals surface area contributed by atoms with Gasteiger partial charge in [0.1, 0.15) is 5.82 Å². The molecule has 0 nitrogen and oxygen atoms in total. The number of benzene rings is 4. The molecule has 0 fully saturated rings. The summed E-state index contributed by atoms with van der Waals surface area (Å²) in [5.41, 5.74) is 5.75. The van der Waals surface area contributed by atoms with Crippen LogP contribution in [0.4, 0.5) is 4.39 Å². The van der Waals surface area contributed by atoms with Gasteiger partial charge in [-0.25, -0.2) is 4.39 Å². The number of rotatable bonds is 6. The summed E-state index contributed by atoms with van der Waals surface area (Å²) in [6, 6.07) is 25.9. The zero-order chi connectivity index (χ0) is 25.2. The maximum atomic E-state index is 15.1. The van der Waals surface area contributed by atoms with E-state index in [0.717, 1.165) is 54.2 Å². The molecule has 178 valence electrons. The molecule has 0 saturated heterocycles. The van der Waals surface area contributed by atoms with E-state index in [4.69, 9.17) is 0 Å². The average Bonchev–Trinajstić information content (AvgIpc) is 2.92. The third kappa shape index (κ3) is 6.75. The Kier molecular flexibility index (Phi) is 8.75. The summed E-state index contributed by atoms with van der Waals surface area (Å²) in [4.78, 5) is 0. The first-order valence-corrected chi connectivity index (χ1v) is 12.7. The highest BCUT2D eigenvalue weighted by atomic mass is 19.1. The molecular weight excluding hydrogens is 439 g/mol. The van der Waals surface area contributed by atoms with Crippen molar-refractivity contribution in [3.8, 4) is 23.7 Å². The summed E-state index contributed by atoms with van der Waals surface area (Å²) in [7, 11) is 0. The molecule has 0 aliphatic heterocycles.